The van der Waals surface area contributed by atoms with Crippen LogP contribution in [0.4, 0.5) is 5.69 Å². The van der Waals surface area contributed by atoms with Gasteiger partial charge >= 0.3 is 0 Å². The molecule has 3 nitrogen and oxygen atoms in total. The highest BCUT2D eigenvalue weighted by Gasteiger charge is 2.07. The summed E-state index contributed by atoms with van der Waals surface area (Å²) in [6, 6.07) is 14.0. The lowest BCUT2D eigenvalue weighted by molar-refractivity contribution is -0.116. The van der Waals surface area contributed by atoms with E-state index in [9.17, 15) is 4.79 Å². The molecule has 0 aliphatic carbocycles. The van der Waals surface area contributed by atoms with Crippen LogP contribution < -0.4 is 10.1 Å². The van der Waals surface area contributed by atoms with E-state index in [1.165, 1.54) is 5.56 Å². The molecule has 0 saturated heterocycles. The summed E-state index contributed by atoms with van der Waals surface area (Å²) in [4.78, 5) is 12.0. The maximum atomic E-state index is 12.0. The Morgan fingerprint density at radius 2 is 1.68 bits per heavy atom. The van der Waals surface area contributed by atoms with Gasteiger partial charge in [-0.2, -0.15) is 0 Å². The molecule has 1 amide bonds. The van der Waals surface area contributed by atoms with Crippen molar-refractivity contribution in [3.05, 3.63) is 59.2 Å². The summed E-state index contributed by atoms with van der Waals surface area (Å²) < 4.78 is 5.61. The third-order valence-electron chi connectivity index (χ3n) is 3.67. The monoisotopic (exact) mass is 297 g/mol. The average molecular weight is 297 g/mol. The van der Waals surface area contributed by atoms with Gasteiger partial charge in [-0.3, -0.25) is 4.79 Å². The molecule has 0 atom stereocenters. The third-order valence-corrected chi connectivity index (χ3v) is 3.67. The van der Waals surface area contributed by atoms with Crippen LogP contribution in [-0.4, -0.2) is 12.5 Å². The first kappa shape index (κ1) is 16.1. The number of ether oxygens (including phenoxy) is 1. The molecule has 116 valence electrons. The summed E-state index contributed by atoms with van der Waals surface area (Å²) in [6.07, 6.45) is 1.35. The maximum absolute atomic E-state index is 12.0. The number of benzene rings is 2. The fraction of sp³-hybridized carbons (Fsp3) is 0.316. The van der Waals surface area contributed by atoms with E-state index in [1.807, 2.05) is 56.3 Å². The van der Waals surface area contributed by atoms with Crippen molar-refractivity contribution >= 4 is 11.6 Å². The largest absolute Gasteiger partial charge is 0.493 e. The van der Waals surface area contributed by atoms with Crippen molar-refractivity contribution in [1.82, 2.24) is 0 Å². The number of hydrogen-bond acceptors (Lipinski definition) is 2. The Hall–Kier alpha value is -2.29. The highest BCUT2D eigenvalue weighted by molar-refractivity contribution is 5.92. The molecule has 0 heterocycles. The zero-order valence-corrected chi connectivity index (χ0v) is 13.5. The first-order valence-electron chi connectivity index (χ1n) is 7.68. The van der Waals surface area contributed by atoms with Gasteiger partial charge in [0.1, 0.15) is 5.75 Å². The van der Waals surface area contributed by atoms with Crippen LogP contribution in [0.2, 0.25) is 0 Å². The van der Waals surface area contributed by atoms with Crippen LogP contribution in [0.3, 0.4) is 0 Å². The molecular weight excluding hydrogens is 274 g/mol. The van der Waals surface area contributed by atoms with E-state index >= 15 is 0 Å². The summed E-state index contributed by atoms with van der Waals surface area (Å²) in [6.45, 7) is 6.48. The topological polar surface area (TPSA) is 38.3 Å². The number of amides is 1. The van der Waals surface area contributed by atoms with Crippen LogP contribution in [0.25, 0.3) is 0 Å². The number of carbonyl (C=O) groups is 1. The Labute approximate surface area is 132 Å². The van der Waals surface area contributed by atoms with Crippen LogP contribution in [0.15, 0.2) is 42.5 Å². The van der Waals surface area contributed by atoms with E-state index in [4.69, 9.17) is 4.74 Å². The van der Waals surface area contributed by atoms with E-state index in [2.05, 4.69) is 12.2 Å². The van der Waals surface area contributed by atoms with E-state index in [0.29, 0.717) is 13.0 Å². The molecule has 2 aromatic rings. The van der Waals surface area contributed by atoms with Gasteiger partial charge < -0.3 is 10.1 Å². The molecule has 1 N–H and O–H groups in total. The highest BCUT2D eigenvalue weighted by atomic mass is 16.5. The lowest BCUT2D eigenvalue weighted by Crippen LogP contribution is -2.16. The summed E-state index contributed by atoms with van der Waals surface area (Å²) in [5.41, 5.74) is 4.33. The number of rotatable bonds is 6. The Morgan fingerprint density at radius 3 is 2.27 bits per heavy atom. The van der Waals surface area contributed by atoms with E-state index in [0.717, 1.165) is 29.0 Å². The quantitative estimate of drug-likeness (QED) is 0.864. The third kappa shape index (κ3) is 4.35. The van der Waals surface area contributed by atoms with Gasteiger partial charge in [-0.25, -0.2) is 0 Å². The molecule has 0 aromatic heterocycles. The number of hydrogen-bond donors (Lipinski definition) is 1. The molecule has 0 bridgehead atoms. The number of nitrogens with one attached hydrogen (secondary N) is 1. The number of carbonyl (C=O) groups excluding carboxylic acids is 1. The minimum Gasteiger partial charge on any atom is -0.493 e. The predicted octanol–water partition coefficient (Wildman–Crippen LogP) is 4.27. The van der Waals surface area contributed by atoms with Gasteiger partial charge in [0.15, 0.2) is 0 Å². The molecule has 0 fully saturated rings. The van der Waals surface area contributed by atoms with Gasteiger partial charge in [-0.15, -0.1) is 0 Å². The molecule has 3 heteroatoms. The van der Waals surface area contributed by atoms with Gasteiger partial charge in [-0.05, 0) is 49.1 Å². The minimum atomic E-state index is -0.0254. The van der Waals surface area contributed by atoms with Crippen molar-refractivity contribution in [2.75, 3.05) is 11.9 Å². The molecule has 2 aromatic carbocycles. The van der Waals surface area contributed by atoms with Gasteiger partial charge in [0.05, 0.1) is 13.0 Å². The minimum absolute atomic E-state index is 0.0254. The second-order valence-corrected chi connectivity index (χ2v) is 5.41. The van der Waals surface area contributed by atoms with Crippen molar-refractivity contribution in [2.45, 2.75) is 33.6 Å². The predicted molar refractivity (Wildman–Crippen MR) is 90.5 cm³/mol. The van der Waals surface area contributed by atoms with Crippen molar-refractivity contribution in [3.63, 3.8) is 0 Å². The van der Waals surface area contributed by atoms with Crippen molar-refractivity contribution in [2.24, 2.45) is 0 Å². The second kappa shape index (κ2) is 7.64. The Morgan fingerprint density at radius 1 is 1.05 bits per heavy atom. The molecule has 0 saturated carbocycles. The first-order chi connectivity index (χ1) is 10.6. The maximum Gasteiger partial charge on any atom is 0.227 e. The Kier molecular flexibility index (Phi) is 5.59. The van der Waals surface area contributed by atoms with Crippen molar-refractivity contribution in [3.8, 4) is 5.75 Å². The molecule has 2 rings (SSSR count). The van der Waals surface area contributed by atoms with Crippen LogP contribution in [0, 0.1) is 13.8 Å². The van der Waals surface area contributed by atoms with E-state index < -0.39 is 0 Å². The fourth-order valence-electron chi connectivity index (χ4n) is 2.30. The summed E-state index contributed by atoms with van der Waals surface area (Å²) >= 11 is 0. The molecule has 0 aliphatic heterocycles. The van der Waals surface area contributed by atoms with Crippen molar-refractivity contribution < 1.29 is 9.53 Å². The lowest BCUT2D eigenvalue weighted by atomic mass is 10.1. The average Bonchev–Trinajstić information content (AvgIpc) is 2.52. The second-order valence-electron chi connectivity index (χ2n) is 5.41. The number of anilines is 1. The number of para-hydroxylation sites is 1. The zero-order chi connectivity index (χ0) is 15.9. The van der Waals surface area contributed by atoms with E-state index in [1.54, 1.807) is 0 Å². The van der Waals surface area contributed by atoms with Crippen molar-refractivity contribution in [1.29, 1.82) is 0 Å². The van der Waals surface area contributed by atoms with Crippen LogP contribution in [0.1, 0.15) is 30.0 Å². The van der Waals surface area contributed by atoms with E-state index in [-0.39, 0.29) is 5.91 Å². The highest BCUT2D eigenvalue weighted by Crippen LogP contribution is 2.19. The normalized spacial score (nSPS) is 10.3. The zero-order valence-electron chi connectivity index (χ0n) is 13.5. The van der Waals surface area contributed by atoms with Gasteiger partial charge in [0.2, 0.25) is 5.91 Å². The first-order valence-corrected chi connectivity index (χ1v) is 7.68. The number of aryl methyl sites for hydroxylation is 3. The molecular formula is C19H23NO2. The summed E-state index contributed by atoms with van der Waals surface area (Å²) in [7, 11) is 0. The molecule has 0 aliphatic rings. The molecule has 0 unspecified atom stereocenters. The lowest BCUT2D eigenvalue weighted by Gasteiger charge is -2.12. The van der Waals surface area contributed by atoms with Crippen LogP contribution in [0.5, 0.6) is 5.75 Å². The fourth-order valence-corrected chi connectivity index (χ4v) is 2.30. The molecule has 0 spiro atoms. The van der Waals surface area contributed by atoms with Crippen LogP contribution in [-0.2, 0) is 11.2 Å². The molecule has 22 heavy (non-hydrogen) atoms. The van der Waals surface area contributed by atoms with Gasteiger partial charge in [0, 0.05) is 5.69 Å². The van der Waals surface area contributed by atoms with Crippen LogP contribution >= 0.6 is 0 Å². The van der Waals surface area contributed by atoms with Gasteiger partial charge in [-0.1, -0.05) is 37.3 Å². The molecule has 0 radical (unpaired) electrons. The summed E-state index contributed by atoms with van der Waals surface area (Å²) in [5.74, 6) is 0.777. The van der Waals surface area contributed by atoms with Gasteiger partial charge in [0.25, 0.3) is 0 Å². The SMILES string of the molecule is CCc1ccc(OCCC(=O)Nc2c(C)cccc2C)cc1. The Bertz CT molecular complexity index is 612. The standard InChI is InChI=1S/C19H23NO2/c1-4-16-8-10-17(11-9-16)22-13-12-18(21)20-19-14(2)6-5-7-15(19)3/h5-11H,4,12-13H2,1-3H3,(H,20,21). The summed E-state index contributed by atoms with van der Waals surface area (Å²) in [5, 5.41) is 2.96. The Balaban J connectivity index is 1.82. The smallest absolute Gasteiger partial charge is 0.227 e.